The second-order valence-corrected chi connectivity index (χ2v) is 5.46. The van der Waals surface area contributed by atoms with Gasteiger partial charge in [0.25, 0.3) is 0 Å². The number of aryl methyl sites for hydroxylation is 1. The van der Waals surface area contributed by atoms with E-state index in [1.54, 1.807) is 6.07 Å². The van der Waals surface area contributed by atoms with Gasteiger partial charge in [0.2, 0.25) is 0 Å². The molecule has 0 bridgehead atoms. The third-order valence-electron chi connectivity index (χ3n) is 3.65. The molecule has 0 saturated carbocycles. The number of halogens is 3. The molecule has 1 atom stereocenters. The van der Waals surface area contributed by atoms with Gasteiger partial charge >= 0.3 is 0 Å². The number of hydrogen-bond donors (Lipinski definition) is 1. The number of fused-ring (bicyclic) bond motifs is 1. The first-order valence-corrected chi connectivity index (χ1v) is 7.11. The lowest BCUT2D eigenvalue weighted by atomic mass is 9.95. The van der Waals surface area contributed by atoms with Crippen LogP contribution in [-0.2, 0) is 6.42 Å². The molecule has 3 rings (SSSR count). The first-order chi connectivity index (χ1) is 10.1. The Kier molecular flexibility index (Phi) is 5.04. The topological polar surface area (TPSA) is 35.2 Å². The van der Waals surface area contributed by atoms with E-state index in [1.807, 2.05) is 0 Å². The van der Waals surface area contributed by atoms with Gasteiger partial charge in [-0.05, 0) is 42.7 Å². The van der Waals surface area contributed by atoms with Crippen molar-refractivity contribution >= 4 is 11.6 Å². The van der Waals surface area contributed by atoms with Crippen molar-refractivity contribution in [1.82, 2.24) is 0 Å². The maximum absolute atomic E-state index is 14.1. The van der Waals surface area contributed by atoms with E-state index in [2.05, 4.69) is 0 Å². The Morgan fingerprint density at radius 1 is 1.27 bits per heavy atom. The van der Waals surface area contributed by atoms with Crippen molar-refractivity contribution in [1.29, 1.82) is 0 Å². The smallest absolute Gasteiger partial charge is 0.132 e. The Balaban J connectivity index is 0.00000176. The maximum atomic E-state index is 14.1. The summed E-state index contributed by atoms with van der Waals surface area (Å²) in [7, 11) is 0. The molecule has 0 amide bonds. The van der Waals surface area contributed by atoms with Crippen LogP contribution in [0.3, 0.4) is 0 Å². The van der Waals surface area contributed by atoms with Gasteiger partial charge < -0.3 is 10.5 Å². The van der Waals surface area contributed by atoms with Crippen LogP contribution in [0, 0.1) is 11.6 Å². The second kappa shape index (κ2) is 6.63. The highest BCUT2D eigenvalue weighted by atomic mass is 35.5. The van der Waals surface area contributed by atoms with E-state index in [-0.39, 0.29) is 24.1 Å². The second-order valence-electron chi connectivity index (χ2n) is 5.05. The minimum atomic E-state index is -0.506. The molecule has 118 valence electrons. The Labute approximate surface area is 133 Å². The molecule has 1 heterocycles. The van der Waals surface area contributed by atoms with Crippen molar-refractivity contribution in [2.24, 2.45) is 5.73 Å². The van der Waals surface area contributed by atoms with Gasteiger partial charge in [-0.2, -0.15) is 0 Å². The standard InChI is InChI=1S/C16H14ClF2NO.CH4/c17-13-2-1-3-14(19)15(13)12-7-10(18)6-9-4-5-11(8-20)21-16(9)12;/h1-3,6-7,11H,4-5,8,20H2;1H4/t11-;/m1./s1. The van der Waals surface area contributed by atoms with Crippen LogP contribution in [-0.4, -0.2) is 12.6 Å². The van der Waals surface area contributed by atoms with Crippen molar-refractivity contribution in [3.05, 3.63) is 52.6 Å². The van der Waals surface area contributed by atoms with Crippen LogP contribution in [0.1, 0.15) is 19.4 Å². The zero-order valence-electron chi connectivity index (χ0n) is 11.2. The van der Waals surface area contributed by atoms with Gasteiger partial charge in [-0.15, -0.1) is 0 Å². The number of rotatable bonds is 2. The van der Waals surface area contributed by atoms with Crippen LogP contribution in [0.25, 0.3) is 11.1 Å². The minimum Gasteiger partial charge on any atom is -0.488 e. The van der Waals surface area contributed by atoms with E-state index < -0.39 is 11.6 Å². The lowest BCUT2D eigenvalue weighted by Gasteiger charge is -2.27. The van der Waals surface area contributed by atoms with E-state index in [1.165, 1.54) is 24.3 Å². The molecule has 0 aliphatic carbocycles. The Morgan fingerprint density at radius 2 is 2.05 bits per heavy atom. The molecule has 0 aromatic heterocycles. The van der Waals surface area contributed by atoms with Crippen LogP contribution < -0.4 is 10.5 Å². The molecule has 22 heavy (non-hydrogen) atoms. The third-order valence-corrected chi connectivity index (χ3v) is 3.96. The lowest BCUT2D eigenvalue weighted by molar-refractivity contribution is 0.182. The number of benzene rings is 2. The van der Waals surface area contributed by atoms with E-state index in [9.17, 15) is 8.78 Å². The number of nitrogens with two attached hydrogens (primary N) is 1. The fourth-order valence-corrected chi connectivity index (χ4v) is 2.89. The highest BCUT2D eigenvalue weighted by Gasteiger charge is 2.25. The molecule has 2 aromatic carbocycles. The van der Waals surface area contributed by atoms with Crippen LogP contribution in [0.5, 0.6) is 5.75 Å². The van der Waals surface area contributed by atoms with Crippen molar-refractivity contribution in [2.45, 2.75) is 26.4 Å². The van der Waals surface area contributed by atoms with Crippen LogP contribution in [0.4, 0.5) is 8.78 Å². The van der Waals surface area contributed by atoms with Crippen molar-refractivity contribution < 1.29 is 13.5 Å². The summed E-state index contributed by atoms with van der Waals surface area (Å²) in [6.45, 7) is 0.362. The molecule has 5 heteroatoms. The fourth-order valence-electron chi connectivity index (χ4n) is 2.62. The van der Waals surface area contributed by atoms with E-state index in [4.69, 9.17) is 22.1 Å². The van der Waals surface area contributed by atoms with Crippen molar-refractivity contribution in [3.8, 4) is 16.9 Å². The average molecular weight is 326 g/mol. The normalized spacial score (nSPS) is 16.5. The zero-order chi connectivity index (χ0) is 15.0. The average Bonchev–Trinajstić information content (AvgIpc) is 2.46. The van der Waals surface area contributed by atoms with Gasteiger partial charge in [0.1, 0.15) is 23.5 Å². The monoisotopic (exact) mass is 325 g/mol. The van der Waals surface area contributed by atoms with E-state index >= 15 is 0 Å². The van der Waals surface area contributed by atoms with Gasteiger partial charge in [0, 0.05) is 17.7 Å². The summed E-state index contributed by atoms with van der Waals surface area (Å²) in [5.74, 6) is -0.461. The minimum absolute atomic E-state index is 0. The predicted molar refractivity (Wildman–Crippen MR) is 85.3 cm³/mol. The molecule has 0 saturated heterocycles. The molecule has 2 N–H and O–H groups in total. The van der Waals surface area contributed by atoms with E-state index in [0.717, 1.165) is 6.42 Å². The highest BCUT2D eigenvalue weighted by molar-refractivity contribution is 6.33. The van der Waals surface area contributed by atoms with Gasteiger partial charge in [-0.25, -0.2) is 8.78 Å². The zero-order valence-corrected chi connectivity index (χ0v) is 12.0. The SMILES string of the molecule is C.NC[C@H]1CCc2cc(F)cc(-c3c(F)cccc3Cl)c2O1. The first kappa shape index (κ1) is 16.7. The van der Waals surface area contributed by atoms with Gasteiger partial charge in [-0.3, -0.25) is 0 Å². The van der Waals surface area contributed by atoms with Crippen molar-refractivity contribution in [2.75, 3.05) is 6.54 Å². The molecule has 2 nitrogen and oxygen atoms in total. The molecule has 1 aliphatic rings. The van der Waals surface area contributed by atoms with Crippen LogP contribution >= 0.6 is 11.6 Å². The summed E-state index contributed by atoms with van der Waals surface area (Å²) in [6, 6.07) is 7.04. The van der Waals surface area contributed by atoms with Crippen LogP contribution in [0.15, 0.2) is 30.3 Å². The lowest BCUT2D eigenvalue weighted by Crippen LogP contribution is -2.30. The summed E-state index contributed by atoms with van der Waals surface area (Å²) < 4.78 is 33.8. The fraction of sp³-hybridized carbons (Fsp3) is 0.294. The summed E-state index contributed by atoms with van der Waals surface area (Å²) in [5.41, 5.74) is 6.86. The Morgan fingerprint density at radius 3 is 2.73 bits per heavy atom. The molecule has 0 fully saturated rings. The number of hydrogen-bond acceptors (Lipinski definition) is 2. The largest absolute Gasteiger partial charge is 0.488 e. The molecule has 0 radical (unpaired) electrons. The summed E-state index contributed by atoms with van der Waals surface area (Å²) in [5, 5.41) is 0.223. The molecular weight excluding hydrogens is 308 g/mol. The van der Waals surface area contributed by atoms with Gasteiger partial charge in [0.05, 0.1) is 5.02 Å². The number of ether oxygens (including phenoxy) is 1. The molecule has 0 unspecified atom stereocenters. The highest BCUT2D eigenvalue weighted by Crippen LogP contribution is 2.42. The third kappa shape index (κ3) is 2.94. The van der Waals surface area contributed by atoms with Crippen LogP contribution in [0.2, 0.25) is 5.02 Å². The molecule has 1 aliphatic heterocycles. The van der Waals surface area contributed by atoms with Gasteiger partial charge in [0.15, 0.2) is 0 Å². The van der Waals surface area contributed by atoms with Crippen molar-refractivity contribution in [3.63, 3.8) is 0 Å². The Hall–Kier alpha value is -1.65. The molecule has 2 aromatic rings. The predicted octanol–water partition coefficient (Wildman–Crippen LogP) is 4.57. The molecule has 0 spiro atoms. The molecular formula is C17H18ClF2NO. The van der Waals surface area contributed by atoms with Gasteiger partial charge in [-0.1, -0.05) is 25.1 Å². The maximum Gasteiger partial charge on any atom is 0.132 e. The van der Waals surface area contributed by atoms with E-state index in [0.29, 0.717) is 29.8 Å². The first-order valence-electron chi connectivity index (χ1n) is 6.73. The summed E-state index contributed by atoms with van der Waals surface area (Å²) in [4.78, 5) is 0. The quantitative estimate of drug-likeness (QED) is 0.877. The summed E-state index contributed by atoms with van der Waals surface area (Å²) in [6.07, 6.45) is 1.22. The summed E-state index contributed by atoms with van der Waals surface area (Å²) >= 11 is 6.09. The Bertz CT molecular complexity index is 670.